The molecule has 1 aliphatic rings. The third kappa shape index (κ3) is 3.53. The lowest BCUT2D eigenvalue weighted by Gasteiger charge is -2.16. The molecule has 0 saturated carbocycles. The zero-order valence-electron chi connectivity index (χ0n) is 12.2. The maximum Gasteiger partial charge on any atom is 0.244 e. The molecule has 2 heterocycles. The van der Waals surface area contributed by atoms with Crippen LogP contribution in [0.4, 0.5) is 4.39 Å². The Hall–Kier alpha value is -1.54. The first-order valence-corrected chi connectivity index (χ1v) is 8.34. The van der Waals surface area contributed by atoms with Crippen molar-refractivity contribution in [2.24, 2.45) is 5.73 Å². The Balaban J connectivity index is 0.00000192. The van der Waals surface area contributed by atoms with Gasteiger partial charge in [0.2, 0.25) is 10.0 Å². The highest BCUT2D eigenvalue weighted by molar-refractivity contribution is 7.89. The van der Waals surface area contributed by atoms with Crippen molar-refractivity contribution in [3.63, 3.8) is 0 Å². The fraction of sp³-hybridized carbons (Fsp3) is 0.267. The Labute approximate surface area is 140 Å². The normalized spacial score (nSPS) is 21.8. The van der Waals surface area contributed by atoms with Gasteiger partial charge < -0.3 is 5.73 Å². The molecule has 0 bridgehead atoms. The Kier molecular flexibility index (Phi) is 5.36. The molecular formula is C15H17ClFN3O2S. The highest BCUT2D eigenvalue weighted by Gasteiger charge is 2.38. The number of pyridine rings is 1. The maximum atomic E-state index is 13.2. The van der Waals surface area contributed by atoms with Gasteiger partial charge in [-0.05, 0) is 11.6 Å². The lowest BCUT2D eigenvalue weighted by molar-refractivity contribution is 0.469. The molecule has 0 radical (unpaired) electrons. The average molecular weight is 358 g/mol. The standard InChI is InChI=1S/C15H16FN3O2S.ClH/c16-12-6-13(8-18-7-12)22(20,21)19-9-14(15(17)10-19)11-4-2-1-3-5-11;/h1-8,14-15H,9-10,17H2;1H/t14-,15+;/m0./s1. The number of hydrogen-bond donors (Lipinski definition) is 1. The number of benzene rings is 1. The first-order chi connectivity index (χ1) is 10.5. The number of aromatic nitrogens is 1. The lowest BCUT2D eigenvalue weighted by Crippen LogP contribution is -2.32. The third-order valence-electron chi connectivity index (χ3n) is 3.88. The van der Waals surface area contributed by atoms with E-state index in [0.29, 0.717) is 0 Å². The van der Waals surface area contributed by atoms with Gasteiger partial charge in [0, 0.05) is 31.2 Å². The van der Waals surface area contributed by atoms with Crippen LogP contribution >= 0.6 is 12.4 Å². The van der Waals surface area contributed by atoms with Gasteiger partial charge in [-0.25, -0.2) is 12.8 Å². The van der Waals surface area contributed by atoms with E-state index >= 15 is 0 Å². The van der Waals surface area contributed by atoms with Crippen LogP contribution in [-0.4, -0.2) is 36.8 Å². The monoisotopic (exact) mass is 357 g/mol. The third-order valence-corrected chi connectivity index (χ3v) is 5.67. The fourth-order valence-corrected chi connectivity index (χ4v) is 4.20. The van der Waals surface area contributed by atoms with E-state index in [1.165, 1.54) is 4.31 Å². The van der Waals surface area contributed by atoms with Gasteiger partial charge in [-0.15, -0.1) is 12.4 Å². The number of rotatable bonds is 3. The van der Waals surface area contributed by atoms with Crippen molar-refractivity contribution in [1.29, 1.82) is 0 Å². The van der Waals surface area contributed by atoms with Gasteiger partial charge in [-0.3, -0.25) is 4.98 Å². The summed E-state index contributed by atoms with van der Waals surface area (Å²) in [5, 5.41) is 0. The van der Waals surface area contributed by atoms with Crippen molar-refractivity contribution in [2.75, 3.05) is 13.1 Å². The first kappa shape index (κ1) is 17.8. The van der Waals surface area contributed by atoms with Crippen LogP contribution in [0.3, 0.4) is 0 Å². The number of sulfonamides is 1. The highest BCUT2D eigenvalue weighted by atomic mass is 35.5. The van der Waals surface area contributed by atoms with Crippen molar-refractivity contribution in [3.8, 4) is 0 Å². The van der Waals surface area contributed by atoms with Crippen molar-refractivity contribution in [1.82, 2.24) is 9.29 Å². The molecule has 124 valence electrons. The molecule has 1 aromatic heterocycles. The molecule has 0 spiro atoms. The van der Waals surface area contributed by atoms with E-state index in [4.69, 9.17) is 5.73 Å². The minimum atomic E-state index is -3.78. The fourth-order valence-electron chi connectivity index (χ4n) is 2.72. The molecule has 1 fully saturated rings. The molecule has 2 N–H and O–H groups in total. The molecule has 23 heavy (non-hydrogen) atoms. The summed E-state index contributed by atoms with van der Waals surface area (Å²) >= 11 is 0. The number of nitrogens with two attached hydrogens (primary N) is 1. The molecule has 2 atom stereocenters. The van der Waals surface area contributed by atoms with Crippen LogP contribution in [0.5, 0.6) is 0 Å². The summed E-state index contributed by atoms with van der Waals surface area (Å²) < 4.78 is 39.7. The molecule has 0 amide bonds. The summed E-state index contributed by atoms with van der Waals surface area (Å²) in [7, 11) is -3.78. The Bertz CT molecular complexity index is 773. The van der Waals surface area contributed by atoms with Crippen LogP contribution < -0.4 is 5.73 Å². The highest BCUT2D eigenvalue weighted by Crippen LogP contribution is 2.30. The molecule has 8 heteroatoms. The summed E-state index contributed by atoms with van der Waals surface area (Å²) in [4.78, 5) is 3.46. The van der Waals surface area contributed by atoms with Gasteiger partial charge in [0.1, 0.15) is 10.7 Å². The van der Waals surface area contributed by atoms with E-state index in [2.05, 4.69) is 4.98 Å². The molecule has 1 aliphatic heterocycles. The van der Waals surface area contributed by atoms with Crippen molar-refractivity contribution < 1.29 is 12.8 Å². The van der Waals surface area contributed by atoms with E-state index in [0.717, 1.165) is 24.0 Å². The van der Waals surface area contributed by atoms with E-state index in [-0.39, 0.29) is 42.4 Å². The zero-order valence-corrected chi connectivity index (χ0v) is 13.8. The molecule has 1 aromatic carbocycles. The summed E-state index contributed by atoms with van der Waals surface area (Å²) in [5.74, 6) is -0.748. The lowest BCUT2D eigenvalue weighted by atomic mass is 9.95. The van der Waals surface area contributed by atoms with E-state index in [9.17, 15) is 12.8 Å². The molecule has 1 saturated heterocycles. The smallest absolute Gasteiger partial charge is 0.244 e. The second kappa shape index (κ2) is 6.92. The summed E-state index contributed by atoms with van der Waals surface area (Å²) in [6.07, 6.45) is 2.13. The Morgan fingerprint density at radius 1 is 1.17 bits per heavy atom. The second-order valence-electron chi connectivity index (χ2n) is 5.34. The minimum Gasteiger partial charge on any atom is -0.326 e. The number of nitrogens with zero attached hydrogens (tertiary/aromatic N) is 2. The van der Waals surface area contributed by atoms with Crippen LogP contribution in [0.15, 0.2) is 53.7 Å². The van der Waals surface area contributed by atoms with Crippen molar-refractivity contribution >= 4 is 22.4 Å². The van der Waals surface area contributed by atoms with Gasteiger partial charge in [0.25, 0.3) is 0 Å². The van der Waals surface area contributed by atoms with Gasteiger partial charge in [0.05, 0.1) is 6.20 Å². The molecule has 0 unspecified atom stereocenters. The van der Waals surface area contributed by atoms with Gasteiger partial charge in [-0.2, -0.15) is 4.31 Å². The van der Waals surface area contributed by atoms with Crippen molar-refractivity contribution in [3.05, 3.63) is 60.2 Å². The van der Waals surface area contributed by atoms with Gasteiger partial charge >= 0.3 is 0 Å². The first-order valence-electron chi connectivity index (χ1n) is 6.90. The van der Waals surface area contributed by atoms with E-state index < -0.39 is 15.8 Å². The topological polar surface area (TPSA) is 76.3 Å². The predicted octanol–water partition coefficient (Wildman–Crippen LogP) is 1.76. The number of halogens is 2. The summed E-state index contributed by atoms with van der Waals surface area (Å²) in [6, 6.07) is 10.2. The molecule has 0 aliphatic carbocycles. The Morgan fingerprint density at radius 3 is 2.52 bits per heavy atom. The Morgan fingerprint density at radius 2 is 1.87 bits per heavy atom. The zero-order chi connectivity index (χ0) is 15.7. The van der Waals surface area contributed by atoms with E-state index in [1.54, 1.807) is 0 Å². The maximum absolute atomic E-state index is 13.2. The minimum absolute atomic E-state index is 0. The number of hydrogen-bond acceptors (Lipinski definition) is 4. The van der Waals surface area contributed by atoms with Gasteiger partial charge in [-0.1, -0.05) is 30.3 Å². The molecule has 2 aromatic rings. The predicted molar refractivity (Wildman–Crippen MR) is 87.4 cm³/mol. The van der Waals surface area contributed by atoms with E-state index in [1.807, 2.05) is 30.3 Å². The van der Waals surface area contributed by atoms with Crippen LogP contribution in [0.25, 0.3) is 0 Å². The van der Waals surface area contributed by atoms with Crippen LogP contribution in [0.1, 0.15) is 11.5 Å². The van der Waals surface area contributed by atoms with Crippen LogP contribution in [0.2, 0.25) is 0 Å². The van der Waals surface area contributed by atoms with Crippen LogP contribution in [-0.2, 0) is 10.0 Å². The second-order valence-corrected chi connectivity index (χ2v) is 7.28. The molecule has 3 rings (SSSR count). The summed E-state index contributed by atoms with van der Waals surface area (Å²) in [6.45, 7) is 0.489. The molecular weight excluding hydrogens is 341 g/mol. The molecule has 5 nitrogen and oxygen atoms in total. The SMILES string of the molecule is Cl.N[C@@H]1CN(S(=O)(=O)c2cncc(F)c2)C[C@H]1c1ccccc1. The largest absolute Gasteiger partial charge is 0.326 e. The average Bonchev–Trinajstić information content (AvgIpc) is 2.91. The van der Waals surface area contributed by atoms with Crippen LogP contribution in [0, 0.1) is 5.82 Å². The quantitative estimate of drug-likeness (QED) is 0.908. The van der Waals surface area contributed by atoms with Gasteiger partial charge in [0.15, 0.2) is 0 Å². The van der Waals surface area contributed by atoms with Crippen molar-refractivity contribution in [2.45, 2.75) is 16.9 Å². The summed E-state index contributed by atoms with van der Waals surface area (Å²) in [5.41, 5.74) is 7.11.